The summed E-state index contributed by atoms with van der Waals surface area (Å²) in [6.07, 6.45) is 1.03. The van der Waals surface area contributed by atoms with Crippen LogP contribution in [0.1, 0.15) is 12.0 Å². The lowest BCUT2D eigenvalue weighted by molar-refractivity contribution is 0.164. The molecule has 4 nitrogen and oxygen atoms in total. The highest BCUT2D eigenvalue weighted by atomic mass is 16.5. The summed E-state index contributed by atoms with van der Waals surface area (Å²) in [4.78, 5) is 0. The van der Waals surface area contributed by atoms with Crippen LogP contribution >= 0.6 is 0 Å². The zero-order chi connectivity index (χ0) is 12.1. The Bertz CT molecular complexity index is 336. The number of para-hydroxylation sites is 1. The number of hydrogen-bond acceptors (Lipinski definition) is 4. The van der Waals surface area contributed by atoms with Crippen LogP contribution in [0.2, 0.25) is 0 Å². The molecule has 4 heteroatoms. The summed E-state index contributed by atoms with van der Waals surface area (Å²) < 4.78 is 16.3. The van der Waals surface area contributed by atoms with Gasteiger partial charge in [-0.25, -0.2) is 0 Å². The first kappa shape index (κ1) is 12.2. The van der Waals surface area contributed by atoms with Gasteiger partial charge in [-0.1, -0.05) is 12.1 Å². The first-order chi connectivity index (χ1) is 8.35. The maximum absolute atomic E-state index is 9.27. The molecule has 0 amide bonds. The molecule has 1 aliphatic heterocycles. The van der Waals surface area contributed by atoms with E-state index in [0.717, 1.165) is 25.2 Å². The van der Waals surface area contributed by atoms with Crippen LogP contribution in [0.4, 0.5) is 0 Å². The van der Waals surface area contributed by atoms with E-state index in [-0.39, 0.29) is 6.61 Å². The van der Waals surface area contributed by atoms with E-state index in [0.29, 0.717) is 24.0 Å². The van der Waals surface area contributed by atoms with Crippen molar-refractivity contribution in [2.45, 2.75) is 13.0 Å². The Morgan fingerprint density at radius 1 is 1.47 bits per heavy atom. The normalized spacial score (nSPS) is 19.3. The Balaban J connectivity index is 2.06. The molecular weight excluding hydrogens is 220 g/mol. The van der Waals surface area contributed by atoms with Gasteiger partial charge in [0.1, 0.15) is 0 Å². The fraction of sp³-hybridized carbons (Fsp3) is 0.538. The summed E-state index contributed by atoms with van der Waals surface area (Å²) >= 11 is 0. The lowest BCUT2D eigenvalue weighted by atomic mass is 10.1. The van der Waals surface area contributed by atoms with E-state index in [1.165, 1.54) is 0 Å². The molecule has 1 unspecified atom stereocenters. The van der Waals surface area contributed by atoms with Crippen molar-refractivity contribution in [1.29, 1.82) is 0 Å². The summed E-state index contributed by atoms with van der Waals surface area (Å²) in [7, 11) is 1.60. The summed E-state index contributed by atoms with van der Waals surface area (Å²) in [5, 5.41) is 9.27. The number of hydrogen-bond donors (Lipinski definition) is 1. The SMILES string of the molecule is COc1cccc(CO)c1OCC1CCOC1. The summed E-state index contributed by atoms with van der Waals surface area (Å²) in [5.74, 6) is 1.74. The minimum atomic E-state index is -0.0479. The van der Waals surface area contributed by atoms with Crippen molar-refractivity contribution in [3.8, 4) is 11.5 Å². The van der Waals surface area contributed by atoms with Crippen LogP contribution in [0.15, 0.2) is 18.2 Å². The Morgan fingerprint density at radius 2 is 2.35 bits per heavy atom. The number of ether oxygens (including phenoxy) is 3. The summed E-state index contributed by atoms with van der Waals surface area (Å²) in [6, 6.07) is 5.51. The Hall–Kier alpha value is -1.26. The largest absolute Gasteiger partial charge is 0.493 e. The topological polar surface area (TPSA) is 47.9 Å². The molecule has 1 fully saturated rings. The summed E-state index contributed by atoms with van der Waals surface area (Å²) in [6.45, 7) is 2.12. The van der Waals surface area contributed by atoms with E-state index in [2.05, 4.69) is 0 Å². The fourth-order valence-electron chi connectivity index (χ4n) is 1.93. The predicted molar refractivity (Wildman–Crippen MR) is 63.3 cm³/mol. The van der Waals surface area contributed by atoms with Crippen molar-refractivity contribution in [3.05, 3.63) is 23.8 Å². The van der Waals surface area contributed by atoms with Crippen LogP contribution in [-0.4, -0.2) is 32.0 Å². The van der Waals surface area contributed by atoms with Gasteiger partial charge in [0, 0.05) is 18.1 Å². The first-order valence-electron chi connectivity index (χ1n) is 5.82. The molecule has 1 N–H and O–H groups in total. The molecule has 1 aromatic rings. The van der Waals surface area contributed by atoms with Crippen molar-refractivity contribution >= 4 is 0 Å². The molecule has 0 bridgehead atoms. The van der Waals surface area contributed by atoms with Gasteiger partial charge in [-0.2, -0.15) is 0 Å². The molecule has 2 rings (SSSR count). The van der Waals surface area contributed by atoms with Gasteiger partial charge in [-0.3, -0.25) is 0 Å². The molecule has 0 aromatic heterocycles. The van der Waals surface area contributed by atoms with Crippen LogP contribution in [0, 0.1) is 5.92 Å². The average Bonchev–Trinajstić information content (AvgIpc) is 2.88. The van der Waals surface area contributed by atoms with Gasteiger partial charge in [0.05, 0.1) is 26.9 Å². The Morgan fingerprint density at radius 3 is 3.00 bits per heavy atom. The molecule has 1 aliphatic rings. The van der Waals surface area contributed by atoms with Gasteiger partial charge >= 0.3 is 0 Å². The fourth-order valence-corrected chi connectivity index (χ4v) is 1.93. The highest BCUT2D eigenvalue weighted by Crippen LogP contribution is 2.31. The minimum absolute atomic E-state index is 0.0479. The van der Waals surface area contributed by atoms with E-state index in [9.17, 15) is 5.11 Å². The standard InChI is InChI=1S/C13H18O4/c1-15-12-4-2-3-11(7-14)13(12)17-9-10-5-6-16-8-10/h2-4,10,14H,5-9H2,1H3. The molecule has 1 heterocycles. The van der Waals surface area contributed by atoms with E-state index in [1.807, 2.05) is 18.2 Å². The van der Waals surface area contributed by atoms with Gasteiger partial charge < -0.3 is 19.3 Å². The second-order valence-corrected chi connectivity index (χ2v) is 4.15. The quantitative estimate of drug-likeness (QED) is 0.846. The van der Waals surface area contributed by atoms with Crippen LogP contribution in [0.3, 0.4) is 0 Å². The lowest BCUT2D eigenvalue weighted by Crippen LogP contribution is -2.13. The van der Waals surface area contributed by atoms with Gasteiger partial charge in [-0.05, 0) is 12.5 Å². The van der Waals surface area contributed by atoms with Gasteiger partial charge in [-0.15, -0.1) is 0 Å². The van der Waals surface area contributed by atoms with Crippen molar-refractivity contribution in [2.24, 2.45) is 5.92 Å². The van der Waals surface area contributed by atoms with E-state index in [1.54, 1.807) is 7.11 Å². The summed E-state index contributed by atoms with van der Waals surface area (Å²) in [5.41, 5.74) is 0.753. The van der Waals surface area contributed by atoms with Crippen LogP contribution in [-0.2, 0) is 11.3 Å². The monoisotopic (exact) mass is 238 g/mol. The highest BCUT2D eigenvalue weighted by Gasteiger charge is 2.18. The molecule has 1 saturated heterocycles. The van der Waals surface area contributed by atoms with Crippen LogP contribution in [0.5, 0.6) is 11.5 Å². The molecule has 0 radical (unpaired) electrons. The van der Waals surface area contributed by atoms with E-state index >= 15 is 0 Å². The third-order valence-corrected chi connectivity index (χ3v) is 2.94. The maximum atomic E-state index is 9.27. The van der Waals surface area contributed by atoms with E-state index < -0.39 is 0 Å². The van der Waals surface area contributed by atoms with Crippen LogP contribution in [0.25, 0.3) is 0 Å². The number of aliphatic hydroxyl groups is 1. The molecule has 0 aliphatic carbocycles. The Kier molecular flexibility index (Phi) is 4.23. The van der Waals surface area contributed by atoms with Gasteiger partial charge in [0.15, 0.2) is 11.5 Å². The lowest BCUT2D eigenvalue weighted by Gasteiger charge is -2.16. The van der Waals surface area contributed by atoms with Gasteiger partial charge in [0.25, 0.3) is 0 Å². The zero-order valence-electron chi connectivity index (χ0n) is 10.0. The van der Waals surface area contributed by atoms with Gasteiger partial charge in [0.2, 0.25) is 0 Å². The third kappa shape index (κ3) is 2.90. The maximum Gasteiger partial charge on any atom is 0.166 e. The molecular formula is C13H18O4. The smallest absolute Gasteiger partial charge is 0.166 e. The van der Waals surface area contributed by atoms with Crippen LogP contribution < -0.4 is 9.47 Å². The molecule has 94 valence electrons. The molecule has 1 atom stereocenters. The predicted octanol–water partition coefficient (Wildman–Crippen LogP) is 1.60. The number of methoxy groups -OCH3 is 1. The molecule has 0 spiro atoms. The first-order valence-corrected chi connectivity index (χ1v) is 5.82. The minimum Gasteiger partial charge on any atom is -0.493 e. The van der Waals surface area contributed by atoms with E-state index in [4.69, 9.17) is 14.2 Å². The van der Waals surface area contributed by atoms with Crippen molar-refractivity contribution < 1.29 is 19.3 Å². The second-order valence-electron chi connectivity index (χ2n) is 4.15. The van der Waals surface area contributed by atoms with Crippen molar-refractivity contribution in [1.82, 2.24) is 0 Å². The number of rotatable bonds is 5. The second kappa shape index (κ2) is 5.89. The number of aliphatic hydroxyl groups excluding tert-OH is 1. The third-order valence-electron chi connectivity index (χ3n) is 2.94. The van der Waals surface area contributed by atoms with Crippen molar-refractivity contribution in [2.75, 3.05) is 26.9 Å². The number of benzene rings is 1. The van der Waals surface area contributed by atoms with Crippen molar-refractivity contribution in [3.63, 3.8) is 0 Å². The molecule has 0 saturated carbocycles. The molecule has 1 aromatic carbocycles. The zero-order valence-corrected chi connectivity index (χ0v) is 10.0. The highest BCUT2D eigenvalue weighted by molar-refractivity contribution is 5.46. The average molecular weight is 238 g/mol. The molecule has 17 heavy (non-hydrogen) atoms. The Labute approximate surface area is 101 Å².